The van der Waals surface area contributed by atoms with Crippen molar-refractivity contribution < 1.29 is 0 Å². The fourth-order valence-electron chi connectivity index (χ4n) is 2.30. The molecule has 0 unspecified atom stereocenters. The fraction of sp³-hybridized carbons (Fsp3) is 0.556. The molecule has 0 aliphatic carbocycles. The summed E-state index contributed by atoms with van der Waals surface area (Å²) in [7, 11) is 0. The molecule has 3 heterocycles. The third-order valence-electron chi connectivity index (χ3n) is 2.97. The van der Waals surface area contributed by atoms with Crippen LogP contribution in [-0.2, 0) is 0 Å². The van der Waals surface area contributed by atoms with E-state index < -0.39 is 0 Å². The first-order chi connectivity index (χ1) is 6.83. The molecule has 1 N–H and O–H groups in total. The molecule has 3 rings (SSSR count). The van der Waals surface area contributed by atoms with Crippen molar-refractivity contribution in [2.24, 2.45) is 0 Å². The van der Waals surface area contributed by atoms with Crippen LogP contribution in [0.1, 0.15) is 6.42 Å². The number of nitrogens with zero attached hydrogens (tertiary/aromatic N) is 3. The maximum atomic E-state index is 5.69. The van der Waals surface area contributed by atoms with Gasteiger partial charge < -0.3 is 10.2 Å². The Morgan fingerprint density at radius 3 is 2.93 bits per heavy atom. The molecule has 2 bridgehead atoms. The standard InChI is InChI=1S/C9H11ClN4/c10-8-1-2-9(13-12-8)14-5-6-3-7(14)4-11-6/h1-2,6-7,11H,3-5H2/t6-,7-/m0/s1. The molecule has 2 atom stereocenters. The van der Waals surface area contributed by atoms with Gasteiger partial charge in [-0.25, -0.2) is 0 Å². The molecule has 0 radical (unpaired) electrons. The Kier molecular flexibility index (Phi) is 1.85. The number of anilines is 1. The lowest BCUT2D eigenvalue weighted by Gasteiger charge is -2.27. The quantitative estimate of drug-likeness (QED) is 0.740. The molecule has 0 aromatic carbocycles. The molecular formula is C9H11ClN4. The second-order valence-electron chi connectivity index (χ2n) is 3.86. The van der Waals surface area contributed by atoms with Gasteiger partial charge in [0.1, 0.15) is 0 Å². The molecular weight excluding hydrogens is 200 g/mol. The monoisotopic (exact) mass is 210 g/mol. The van der Waals surface area contributed by atoms with E-state index in [9.17, 15) is 0 Å². The zero-order valence-corrected chi connectivity index (χ0v) is 8.41. The molecule has 4 nitrogen and oxygen atoms in total. The van der Waals surface area contributed by atoms with Crippen molar-refractivity contribution in [1.29, 1.82) is 0 Å². The van der Waals surface area contributed by atoms with Crippen molar-refractivity contribution in [3.05, 3.63) is 17.3 Å². The highest BCUT2D eigenvalue weighted by molar-refractivity contribution is 6.29. The highest BCUT2D eigenvalue weighted by atomic mass is 35.5. The van der Waals surface area contributed by atoms with E-state index in [1.165, 1.54) is 6.42 Å². The predicted octanol–water partition coefficient (Wildman–Crippen LogP) is 0.680. The van der Waals surface area contributed by atoms with Gasteiger partial charge in [0.25, 0.3) is 0 Å². The van der Waals surface area contributed by atoms with Crippen LogP contribution in [0.15, 0.2) is 12.1 Å². The van der Waals surface area contributed by atoms with Gasteiger partial charge in [0.05, 0.1) is 0 Å². The van der Waals surface area contributed by atoms with Gasteiger partial charge in [-0.2, -0.15) is 0 Å². The Morgan fingerprint density at radius 2 is 2.36 bits per heavy atom. The smallest absolute Gasteiger partial charge is 0.151 e. The Morgan fingerprint density at radius 1 is 1.43 bits per heavy atom. The minimum Gasteiger partial charge on any atom is -0.349 e. The summed E-state index contributed by atoms with van der Waals surface area (Å²) >= 11 is 5.69. The van der Waals surface area contributed by atoms with Crippen molar-refractivity contribution in [3.8, 4) is 0 Å². The minimum atomic E-state index is 0.455. The van der Waals surface area contributed by atoms with Crippen molar-refractivity contribution in [1.82, 2.24) is 15.5 Å². The summed E-state index contributed by atoms with van der Waals surface area (Å²) in [4.78, 5) is 2.31. The number of piperazine rings is 1. The first kappa shape index (κ1) is 8.44. The van der Waals surface area contributed by atoms with Crippen LogP contribution in [0.2, 0.25) is 5.15 Å². The first-order valence-electron chi connectivity index (χ1n) is 4.82. The Bertz CT molecular complexity index is 339. The van der Waals surface area contributed by atoms with Crippen molar-refractivity contribution in [3.63, 3.8) is 0 Å². The van der Waals surface area contributed by atoms with E-state index in [1.54, 1.807) is 6.07 Å². The summed E-state index contributed by atoms with van der Waals surface area (Å²) in [5, 5.41) is 11.9. The summed E-state index contributed by atoms with van der Waals surface area (Å²) in [6, 6.07) is 4.97. The topological polar surface area (TPSA) is 41.0 Å². The van der Waals surface area contributed by atoms with Gasteiger partial charge in [-0.15, -0.1) is 10.2 Å². The molecule has 74 valence electrons. The van der Waals surface area contributed by atoms with Crippen LogP contribution in [0.4, 0.5) is 5.82 Å². The molecule has 2 fully saturated rings. The van der Waals surface area contributed by atoms with Gasteiger partial charge in [0.2, 0.25) is 0 Å². The third-order valence-corrected chi connectivity index (χ3v) is 3.17. The molecule has 2 aliphatic heterocycles. The summed E-state index contributed by atoms with van der Waals surface area (Å²) in [5.74, 6) is 0.948. The van der Waals surface area contributed by atoms with E-state index in [2.05, 4.69) is 20.4 Å². The molecule has 2 saturated heterocycles. The lowest BCUT2D eigenvalue weighted by molar-refractivity contribution is 0.574. The Hall–Kier alpha value is -0.870. The molecule has 0 spiro atoms. The lowest BCUT2D eigenvalue weighted by Crippen LogP contribution is -2.44. The summed E-state index contributed by atoms with van der Waals surface area (Å²) in [5.41, 5.74) is 0. The SMILES string of the molecule is Clc1ccc(N2C[C@@H]3C[C@H]2CN3)nn1. The highest BCUT2D eigenvalue weighted by Gasteiger charge is 2.38. The zero-order valence-electron chi connectivity index (χ0n) is 7.65. The number of rotatable bonds is 1. The van der Waals surface area contributed by atoms with E-state index in [4.69, 9.17) is 11.6 Å². The summed E-state index contributed by atoms with van der Waals surface area (Å²) < 4.78 is 0. The molecule has 1 aromatic rings. The van der Waals surface area contributed by atoms with E-state index in [0.29, 0.717) is 17.2 Å². The number of hydrogen-bond donors (Lipinski definition) is 1. The molecule has 5 heteroatoms. The van der Waals surface area contributed by atoms with Crippen molar-refractivity contribution in [2.45, 2.75) is 18.5 Å². The van der Waals surface area contributed by atoms with Gasteiger partial charge in [-0.1, -0.05) is 11.6 Å². The second kappa shape index (κ2) is 3.07. The fourth-order valence-corrected chi connectivity index (χ4v) is 2.40. The van der Waals surface area contributed by atoms with Crippen molar-refractivity contribution in [2.75, 3.05) is 18.0 Å². The van der Waals surface area contributed by atoms with Crippen LogP contribution in [0.25, 0.3) is 0 Å². The Labute approximate surface area is 87.3 Å². The van der Waals surface area contributed by atoms with E-state index in [-0.39, 0.29) is 0 Å². The molecule has 0 saturated carbocycles. The number of nitrogens with one attached hydrogen (secondary N) is 1. The number of fused-ring (bicyclic) bond motifs is 2. The summed E-state index contributed by atoms with van der Waals surface area (Å²) in [6.07, 6.45) is 1.23. The van der Waals surface area contributed by atoms with Gasteiger partial charge in [-0.3, -0.25) is 0 Å². The van der Waals surface area contributed by atoms with Crippen LogP contribution in [0.3, 0.4) is 0 Å². The van der Waals surface area contributed by atoms with E-state index in [0.717, 1.165) is 18.9 Å². The van der Waals surface area contributed by atoms with Crippen LogP contribution >= 0.6 is 11.6 Å². The van der Waals surface area contributed by atoms with Crippen LogP contribution in [0, 0.1) is 0 Å². The van der Waals surface area contributed by atoms with Gasteiger partial charge in [0.15, 0.2) is 11.0 Å². The maximum Gasteiger partial charge on any atom is 0.151 e. The van der Waals surface area contributed by atoms with E-state index >= 15 is 0 Å². The normalized spacial score (nSPS) is 29.9. The molecule has 2 aliphatic rings. The van der Waals surface area contributed by atoms with Crippen LogP contribution in [-0.4, -0.2) is 35.4 Å². The summed E-state index contributed by atoms with van der Waals surface area (Å²) in [6.45, 7) is 2.11. The Balaban J connectivity index is 1.86. The first-order valence-corrected chi connectivity index (χ1v) is 5.20. The molecule has 1 aromatic heterocycles. The molecule has 0 amide bonds. The van der Waals surface area contributed by atoms with Crippen LogP contribution < -0.4 is 10.2 Å². The number of aromatic nitrogens is 2. The third kappa shape index (κ3) is 1.26. The highest BCUT2D eigenvalue weighted by Crippen LogP contribution is 2.27. The molecule has 14 heavy (non-hydrogen) atoms. The largest absolute Gasteiger partial charge is 0.349 e. The van der Waals surface area contributed by atoms with Crippen molar-refractivity contribution >= 4 is 17.4 Å². The maximum absolute atomic E-state index is 5.69. The number of hydrogen-bond acceptors (Lipinski definition) is 4. The van der Waals surface area contributed by atoms with Gasteiger partial charge >= 0.3 is 0 Å². The average Bonchev–Trinajstić information content (AvgIpc) is 2.80. The lowest BCUT2D eigenvalue weighted by atomic mass is 10.2. The van der Waals surface area contributed by atoms with Gasteiger partial charge in [0, 0.05) is 25.2 Å². The predicted molar refractivity (Wildman–Crippen MR) is 54.6 cm³/mol. The zero-order chi connectivity index (χ0) is 9.54. The minimum absolute atomic E-state index is 0.455. The van der Waals surface area contributed by atoms with E-state index in [1.807, 2.05) is 6.07 Å². The van der Waals surface area contributed by atoms with Crippen LogP contribution in [0.5, 0.6) is 0 Å². The number of halogens is 1. The van der Waals surface area contributed by atoms with Gasteiger partial charge in [-0.05, 0) is 18.6 Å². The average molecular weight is 211 g/mol. The second-order valence-corrected chi connectivity index (χ2v) is 4.25.